The van der Waals surface area contributed by atoms with Crippen molar-refractivity contribution in [1.82, 2.24) is 4.98 Å². The van der Waals surface area contributed by atoms with Crippen molar-refractivity contribution in [3.63, 3.8) is 0 Å². The fourth-order valence-electron chi connectivity index (χ4n) is 2.42. The highest BCUT2D eigenvalue weighted by atomic mass is 79.9. The summed E-state index contributed by atoms with van der Waals surface area (Å²) in [7, 11) is 0. The number of aromatic hydroxyl groups is 1. The van der Waals surface area contributed by atoms with Crippen LogP contribution in [-0.2, 0) is 17.9 Å². The van der Waals surface area contributed by atoms with Crippen LogP contribution < -0.4 is 0 Å². The van der Waals surface area contributed by atoms with Gasteiger partial charge < -0.3 is 5.11 Å². The molecular formula is C20H18BrN2O2+. The Morgan fingerprint density at radius 2 is 1.56 bits per heavy atom. The fraction of sp³-hybridized carbons (Fsp3) is 0.100. The van der Waals surface area contributed by atoms with Crippen LogP contribution in [0.4, 0.5) is 0 Å². The Morgan fingerprint density at radius 3 is 2.20 bits per heavy atom. The molecule has 1 heterocycles. The van der Waals surface area contributed by atoms with E-state index in [0.717, 1.165) is 16.8 Å². The lowest BCUT2D eigenvalue weighted by molar-refractivity contribution is -0.658. The third kappa shape index (κ3) is 4.67. The van der Waals surface area contributed by atoms with E-state index in [1.165, 1.54) is 3.76 Å². The van der Waals surface area contributed by atoms with Crippen LogP contribution >= 0.6 is 16.1 Å². The fourth-order valence-corrected chi connectivity index (χ4v) is 2.82. The minimum atomic E-state index is 0.112. The quantitative estimate of drug-likeness (QED) is 0.383. The van der Waals surface area contributed by atoms with Crippen molar-refractivity contribution < 1.29 is 13.7 Å². The molecule has 0 unspecified atom stereocenters. The maximum atomic E-state index is 10.2. The van der Waals surface area contributed by atoms with Crippen molar-refractivity contribution in [2.45, 2.75) is 13.0 Å². The molecule has 3 rings (SSSR count). The highest BCUT2D eigenvalue weighted by molar-refractivity contribution is 9.04. The summed E-state index contributed by atoms with van der Waals surface area (Å²) in [6.45, 7) is 0.401. The predicted molar refractivity (Wildman–Crippen MR) is 101 cm³/mol. The van der Waals surface area contributed by atoms with Gasteiger partial charge in [-0.3, -0.25) is 4.84 Å². The number of hydrogen-bond donors (Lipinski definition) is 1. The normalized spacial score (nSPS) is 11.7. The average Bonchev–Trinajstić information content (AvgIpc) is 2.66. The summed E-state index contributed by atoms with van der Waals surface area (Å²) in [5.41, 5.74) is 3.35. The van der Waals surface area contributed by atoms with Crippen LogP contribution in [0, 0.1) is 0 Å². The molecule has 2 aromatic carbocycles. The molecule has 0 aliphatic carbocycles. The van der Waals surface area contributed by atoms with E-state index in [9.17, 15) is 5.11 Å². The molecule has 0 atom stereocenters. The van der Waals surface area contributed by atoms with Crippen molar-refractivity contribution in [2.75, 3.05) is 0 Å². The van der Waals surface area contributed by atoms with Crippen LogP contribution in [0.1, 0.15) is 16.8 Å². The van der Waals surface area contributed by atoms with Gasteiger partial charge in [0.1, 0.15) is 5.75 Å². The van der Waals surface area contributed by atoms with Gasteiger partial charge in [-0.2, -0.15) is 0 Å². The molecule has 1 N–H and O–H groups in total. The van der Waals surface area contributed by atoms with Gasteiger partial charge in [0.15, 0.2) is 12.3 Å². The lowest BCUT2D eigenvalue weighted by Crippen LogP contribution is -2.19. The zero-order chi connectivity index (χ0) is 17.5. The van der Waals surface area contributed by atoms with Gasteiger partial charge in [-0.25, -0.2) is 4.98 Å². The van der Waals surface area contributed by atoms with Gasteiger partial charge in [-0.1, -0.05) is 60.7 Å². The number of rotatable bonds is 6. The summed E-state index contributed by atoms with van der Waals surface area (Å²) in [5.74, 6) is 0.112. The van der Waals surface area contributed by atoms with Gasteiger partial charge in [-0.15, -0.1) is 0 Å². The van der Waals surface area contributed by atoms with E-state index >= 15 is 0 Å². The number of benzene rings is 2. The van der Waals surface area contributed by atoms with Crippen molar-refractivity contribution in [3.05, 3.63) is 95.8 Å². The molecule has 1 aromatic heterocycles. The van der Waals surface area contributed by atoms with Crippen molar-refractivity contribution in [3.8, 4) is 5.75 Å². The Bertz CT molecular complexity index is 852. The summed E-state index contributed by atoms with van der Waals surface area (Å²) in [5, 5.41) is 10.2. The third-order valence-electron chi connectivity index (χ3n) is 3.67. The number of halogens is 1. The third-order valence-corrected chi connectivity index (χ3v) is 4.31. The Hall–Kier alpha value is -2.66. The number of pyridine rings is 1. The largest absolute Gasteiger partial charge is 0.505 e. The van der Waals surface area contributed by atoms with Gasteiger partial charge in [0, 0.05) is 6.20 Å². The Kier molecular flexibility index (Phi) is 5.80. The van der Waals surface area contributed by atoms with Gasteiger partial charge in [0.25, 0.3) is 5.71 Å². The first-order valence-electron chi connectivity index (χ1n) is 7.91. The zero-order valence-corrected chi connectivity index (χ0v) is 15.1. The lowest BCUT2D eigenvalue weighted by atomic mass is 10.1. The molecule has 5 heteroatoms. The van der Waals surface area contributed by atoms with Crippen LogP contribution in [0.2, 0.25) is 0 Å². The Morgan fingerprint density at radius 1 is 0.920 bits per heavy atom. The van der Waals surface area contributed by atoms with Crippen LogP contribution in [0.3, 0.4) is 0 Å². The second kappa shape index (κ2) is 8.44. The summed E-state index contributed by atoms with van der Waals surface area (Å²) in [6.07, 6.45) is 2.21. The molecule has 0 saturated heterocycles. The number of aromatic nitrogens is 1. The van der Waals surface area contributed by atoms with E-state index in [-0.39, 0.29) is 5.75 Å². The molecule has 0 fully saturated rings. The molecule has 25 heavy (non-hydrogen) atoms. The Balaban J connectivity index is 1.90. The minimum Gasteiger partial charge on any atom is -0.505 e. The molecule has 0 bridgehead atoms. The summed E-state index contributed by atoms with van der Waals surface area (Å²) < 4.78 is 1.51. The van der Waals surface area contributed by atoms with Crippen LogP contribution in [0.15, 0.2) is 79.0 Å². The molecule has 4 nitrogen and oxygen atoms in total. The van der Waals surface area contributed by atoms with Gasteiger partial charge in [0.2, 0.25) is 0 Å². The molecular weight excluding hydrogens is 380 g/mol. The summed E-state index contributed by atoms with van der Waals surface area (Å²) in [6, 6.07) is 23.2. The molecule has 3 aromatic rings. The first-order valence-corrected chi connectivity index (χ1v) is 8.62. The highest BCUT2D eigenvalue weighted by Crippen LogP contribution is 2.18. The lowest BCUT2D eigenvalue weighted by Gasteiger charge is -2.06. The highest BCUT2D eigenvalue weighted by Gasteiger charge is 2.24. The zero-order valence-electron chi connectivity index (χ0n) is 13.5. The first-order chi connectivity index (χ1) is 12.2. The van der Waals surface area contributed by atoms with Crippen molar-refractivity contribution in [1.29, 1.82) is 0 Å². The molecule has 0 saturated carbocycles. The average molecular weight is 398 g/mol. The van der Waals surface area contributed by atoms with Gasteiger partial charge >= 0.3 is 16.1 Å². The summed E-state index contributed by atoms with van der Waals surface area (Å²) >= 11 is 3.45. The van der Waals surface area contributed by atoms with Crippen molar-refractivity contribution >= 4 is 21.9 Å². The summed E-state index contributed by atoms with van der Waals surface area (Å²) in [4.78, 5) is 10.1. The predicted octanol–water partition coefficient (Wildman–Crippen LogP) is 4.27. The van der Waals surface area contributed by atoms with Crippen LogP contribution in [-0.4, -0.2) is 19.6 Å². The van der Waals surface area contributed by atoms with Crippen LogP contribution in [0.25, 0.3) is 0 Å². The Labute approximate surface area is 155 Å². The van der Waals surface area contributed by atoms with E-state index in [1.807, 2.05) is 60.7 Å². The van der Waals surface area contributed by atoms with E-state index in [2.05, 4.69) is 21.1 Å². The molecule has 0 aliphatic rings. The number of hydrogen-bond acceptors (Lipinski definition) is 3. The van der Waals surface area contributed by atoms with Gasteiger partial charge in [0.05, 0.1) is 10.2 Å². The second-order valence-electron chi connectivity index (χ2n) is 5.48. The topological polar surface area (TPSA) is 45.4 Å². The van der Waals surface area contributed by atoms with E-state index in [0.29, 0.717) is 18.7 Å². The van der Waals surface area contributed by atoms with Crippen molar-refractivity contribution in [2.24, 2.45) is 0 Å². The maximum absolute atomic E-state index is 10.2. The SMILES string of the molecule is Oc1cccnc1C(Cc1ccccc1)=[N+](Br)OCc1ccccc1. The first kappa shape index (κ1) is 17.2. The molecule has 126 valence electrons. The smallest absolute Gasteiger partial charge is 0.384 e. The molecule has 0 aliphatic heterocycles. The second-order valence-corrected chi connectivity index (χ2v) is 6.13. The molecule has 0 radical (unpaired) electrons. The standard InChI is InChI=1S/C20H17BrN2O2/c21-23(25-15-17-10-5-2-6-11-17)18(14-16-8-3-1-4-9-16)20-19(24)12-7-13-22-20/h1-13H,14-15H2/p+1. The minimum absolute atomic E-state index is 0.112. The van der Waals surface area contributed by atoms with E-state index in [1.54, 1.807) is 18.3 Å². The van der Waals surface area contributed by atoms with E-state index in [4.69, 9.17) is 4.84 Å². The molecule has 0 spiro atoms. The van der Waals surface area contributed by atoms with Gasteiger partial charge in [-0.05, 0) is 23.3 Å². The van der Waals surface area contributed by atoms with E-state index < -0.39 is 0 Å². The molecule has 0 amide bonds. The van der Waals surface area contributed by atoms with Crippen LogP contribution in [0.5, 0.6) is 5.75 Å². The number of nitrogens with zero attached hydrogens (tertiary/aromatic N) is 2. The monoisotopic (exact) mass is 397 g/mol. The maximum Gasteiger partial charge on any atom is 0.384 e.